The molecule has 5 saturated heterocycles. The van der Waals surface area contributed by atoms with Gasteiger partial charge < -0.3 is 131 Å². The van der Waals surface area contributed by atoms with E-state index in [1.54, 1.807) is 0 Å². The highest BCUT2D eigenvalue weighted by atomic mass is 16.8. The molecule has 5 fully saturated rings. The SMILES string of the molecule is CC(=O)N[C@H]1[C@H](OC2[C@@H](CO)OC(O)[C@H](NC(C)=O)[C@H]2O)O[C@H](CO)[C@@H](O[C@@H]2O[C@H](CO)[C@@H](O[C@@H]3O[C@H](CO)C(O[C@@H]4O[C@H](CO)[C@@H](O)[C@H](O)[C@H]4N)[C@H](O)[C@H]3NC(C)=O)[C@H](O)[C@H]2NC(C)=O)[C@@H]1O. The molecule has 0 aromatic heterocycles. The Labute approximate surface area is 387 Å². The largest absolute Gasteiger partial charge is 0.394 e. The lowest BCUT2D eigenvalue weighted by atomic mass is 9.93. The molecule has 30 heteroatoms. The Morgan fingerprint density at radius 3 is 0.971 bits per heavy atom. The smallest absolute Gasteiger partial charge is 0.217 e. The van der Waals surface area contributed by atoms with Crippen molar-refractivity contribution in [2.24, 2.45) is 5.73 Å². The number of nitrogens with one attached hydrogen (secondary N) is 4. The van der Waals surface area contributed by atoms with Gasteiger partial charge in [0.15, 0.2) is 31.5 Å². The molecule has 25 atom stereocenters. The Bertz CT molecular complexity index is 1680. The number of amides is 4. The van der Waals surface area contributed by atoms with Crippen LogP contribution in [0.5, 0.6) is 0 Å². The van der Waals surface area contributed by atoms with Gasteiger partial charge in [-0.1, -0.05) is 0 Å². The molecule has 0 aliphatic carbocycles. The Morgan fingerprint density at radius 2 is 0.662 bits per heavy atom. The average Bonchev–Trinajstić information content (AvgIpc) is 3.28. The number of ether oxygens (including phenoxy) is 9. The first-order chi connectivity index (χ1) is 32.1. The van der Waals surface area contributed by atoms with Crippen molar-refractivity contribution in [2.75, 3.05) is 33.0 Å². The van der Waals surface area contributed by atoms with Crippen LogP contribution in [0, 0.1) is 0 Å². The second kappa shape index (κ2) is 24.4. The van der Waals surface area contributed by atoms with Crippen molar-refractivity contribution in [3.05, 3.63) is 0 Å². The van der Waals surface area contributed by atoms with E-state index < -0.39 is 210 Å². The number of carbonyl (C=O) groups is 4. The molecule has 0 radical (unpaired) electrons. The molecule has 18 N–H and O–H groups in total. The van der Waals surface area contributed by atoms with Crippen LogP contribution in [0.3, 0.4) is 0 Å². The van der Waals surface area contributed by atoms with E-state index in [1.165, 1.54) is 0 Å². The van der Waals surface area contributed by atoms with Crippen LogP contribution in [0.15, 0.2) is 0 Å². The molecule has 4 amide bonds. The predicted octanol–water partition coefficient (Wildman–Crippen LogP) is -11.4. The maximum atomic E-state index is 12.6. The second-order valence-corrected chi connectivity index (χ2v) is 17.0. The van der Waals surface area contributed by atoms with Crippen LogP contribution in [-0.4, -0.2) is 271 Å². The summed E-state index contributed by atoms with van der Waals surface area (Å²) < 4.78 is 52.6. The standard InChI is InChI=1S/C38H65N5O25/c1-10(49)40-20-26(55)30(15(6-45)60-34(20)59)66-36-22(42-12(3)51)28(57)32(17(8-47)63-36)68-38-23(43-13(4)52)29(58)33(18(9-48)64-38)67-37-21(41-11(2)50)27(56)31(16(7-46)62-37)65-35-19(39)25(54)24(53)14(5-44)61-35/h14-38,44-48,53-59H,5-9,39H2,1-4H3,(H,40,49)(H,41,50)(H,42,51)(H,43,52)/t14-,15-,16-,17-,18-,19-,20-,21-,22-,23-,24-,25-,26-,27-,28-,29-,30?,31?,32-,33-,34?,35+,36+,37+,38+/m1/s1. The molecule has 0 spiro atoms. The maximum absolute atomic E-state index is 12.6. The lowest BCUT2D eigenvalue weighted by Crippen LogP contribution is -2.72. The summed E-state index contributed by atoms with van der Waals surface area (Å²) in [6.07, 6.45) is -34.2. The third kappa shape index (κ3) is 12.5. The summed E-state index contributed by atoms with van der Waals surface area (Å²) in [4.78, 5) is 49.4. The zero-order valence-corrected chi connectivity index (χ0v) is 37.2. The number of hydrogen-bond donors (Lipinski definition) is 17. The molecule has 0 saturated carbocycles. The van der Waals surface area contributed by atoms with Crippen molar-refractivity contribution in [1.29, 1.82) is 0 Å². The van der Waals surface area contributed by atoms with Gasteiger partial charge in [0, 0.05) is 27.7 Å². The van der Waals surface area contributed by atoms with E-state index in [9.17, 15) is 80.5 Å². The van der Waals surface area contributed by atoms with Crippen LogP contribution < -0.4 is 27.0 Å². The number of aliphatic hydroxyl groups is 12. The van der Waals surface area contributed by atoms with Crippen LogP contribution in [0.25, 0.3) is 0 Å². The van der Waals surface area contributed by atoms with Crippen molar-refractivity contribution in [3.63, 3.8) is 0 Å². The fourth-order valence-electron chi connectivity index (χ4n) is 8.70. The number of carbonyl (C=O) groups excluding carboxylic acids is 4. The van der Waals surface area contributed by atoms with Crippen molar-refractivity contribution in [3.8, 4) is 0 Å². The van der Waals surface area contributed by atoms with Crippen molar-refractivity contribution in [1.82, 2.24) is 21.3 Å². The van der Waals surface area contributed by atoms with Crippen LogP contribution in [-0.2, 0) is 61.8 Å². The van der Waals surface area contributed by atoms with Gasteiger partial charge in [0.05, 0.1) is 39.1 Å². The molecule has 0 aromatic carbocycles. The fraction of sp³-hybridized carbons (Fsp3) is 0.895. The van der Waals surface area contributed by atoms with Gasteiger partial charge in [-0.2, -0.15) is 0 Å². The summed E-state index contributed by atoms with van der Waals surface area (Å²) in [6.45, 7) is -0.224. The molecule has 3 unspecified atom stereocenters. The van der Waals surface area contributed by atoms with E-state index in [2.05, 4.69) is 21.3 Å². The molecule has 5 aliphatic heterocycles. The van der Waals surface area contributed by atoms with Gasteiger partial charge >= 0.3 is 0 Å². The van der Waals surface area contributed by atoms with Gasteiger partial charge in [0.25, 0.3) is 0 Å². The third-order valence-electron chi connectivity index (χ3n) is 12.0. The van der Waals surface area contributed by atoms with Gasteiger partial charge in [0.1, 0.15) is 116 Å². The van der Waals surface area contributed by atoms with Crippen LogP contribution in [0.2, 0.25) is 0 Å². The van der Waals surface area contributed by atoms with E-state index in [1.807, 2.05) is 0 Å². The topological polar surface area (TPSA) is 468 Å². The minimum atomic E-state index is -1.97. The number of nitrogens with two attached hydrogens (primary N) is 1. The van der Waals surface area contributed by atoms with E-state index in [0.29, 0.717) is 0 Å². The average molecular weight is 992 g/mol. The normalized spacial score (nSPS) is 45.5. The van der Waals surface area contributed by atoms with Gasteiger partial charge in [0.2, 0.25) is 23.6 Å². The molecule has 392 valence electrons. The Balaban J connectivity index is 1.38. The highest BCUT2D eigenvalue weighted by Crippen LogP contribution is 2.35. The van der Waals surface area contributed by atoms with Crippen molar-refractivity contribution >= 4 is 23.6 Å². The summed E-state index contributed by atoms with van der Waals surface area (Å²) in [5.74, 6) is -3.01. The van der Waals surface area contributed by atoms with Gasteiger partial charge in [-0.05, 0) is 0 Å². The van der Waals surface area contributed by atoms with Gasteiger partial charge in [-0.3, -0.25) is 19.2 Å². The first kappa shape index (κ1) is 55.9. The predicted molar refractivity (Wildman–Crippen MR) is 215 cm³/mol. The first-order valence-corrected chi connectivity index (χ1v) is 21.6. The summed E-state index contributed by atoms with van der Waals surface area (Å²) in [5, 5.41) is 138. The minimum absolute atomic E-state index is 0.682. The summed E-state index contributed by atoms with van der Waals surface area (Å²) in [7, 11) is 0. The Hall–Kier alpha value is -3.00. The molecule has 68 heavy (non-hydrogen) atoms. The number of aliphatic hydroxyl groups excluding tert-OH is 12. The highest BCUT2D eigenvalue weighted by molar-refractivity contribution is 5.74. The molecule has 5 aliphatic rings. The summed E-state index contributed by atoms with van der Waals surface area (Å²) in [6, 6.07) is -7.91. The van der Waals surface area contributed by atoms with Crippen LogP contribution in [0.1, 0.15) is 27.7 Å². The first-order valence-electron chi connectivity index (χ1n) is 21.6. The van der Waals surface area contributed by atoms with Crippen LogP contribution in [0.4, 0.5) is 0 Å². The van der Waals surface area contributed by atoms with Gasteiger partial charge in [-0.15, -0.1) is 0 Å². The summed E-state index contributed by atoms with van der Waals surface area (Å²) in [5.41, 5.74) is 6.01. The van der Waals surface area contributed by atoms with E-state index in [-0.39, 0.29) is 0 Å². The number of hydrogen-bond acceptors (Lipinski definition) is 26. The van der Waals surface area contributed by atoms with E-state index in [4.69, 9.17) is 48.4 Å². The van der Waals surface area contributed by atoms with E-state index in [0.717, 1.165) is 27.7 Å². The Kier molecular flexibility index (Phi) is 20.1. The van der Waals surface area contributed by atoms with Gasteiger partial charge in [-0.25, -0.2) is 0 Å². The second-order valence-electron chi connectivity index (χ2n) is 17.0. The third-order valence-corrected chi connectivity index (χ3v) is 12.0. The summed E-state index contributed by atoms with van der Waals surface area (Å²) >= 11 is 0. The highest BCUT2D eigenvalue weighted by Gasteiger charge is 2.57. The molecule has 0 aromatic rings. The zero-order valence-electron chi connectivity index (χ0n) is 37.2. The molecule has 0 bridgehead atoms. The van der Waals surface area contributed by atoms with Crippen molar-refractivity contribution in [2.45, 2.75) is 181 Å². The monoisotopic (exact) mass is 991 g/mol. The molecule has 30 nitrogen and oxygen atoms in total. The molecule has 5 rings (SSSR count). The molecular formula is C38H65N5O25. The lowest BCUT2D eigenvalue weighted by molar-refractivity contribution is -0.367. The zero-order chi connectivity index (χ0) is 50.5. The molecule has 5 heterocycles. The van der Waals surface area contributed by atoms with Crippen molar-refractivity contribution < 1.29 is 123 Å². The maximum Gasteiger partial charge on any atom is 0.217 e. The molecular weight excluding hydrogens is 926 g/mol. The Morgan fingerprint density at radius 1 is 0.397 bits per heavy atom. The van der Waals surface area contributed by atoms with Crippen LogP contribution >= 0.6 is 0 Å². The quantitative estimate of drug-likeness (QED) is 0.0643. The number of rotatable bonds is 17. The van der Waals surface area contributed by atoms with E-state index >= 15 is 0 Å². The minimum Gasteiger partial charge on any atom is -0.394 e. The lowest BCUT2D eigenvalue weighted by Gasteiger charge is -2.51. The fourth-order valence-corrected chi connectivity index (χ4v) is 8.70.